The third-order valence-corrected chi connectivity index (χ3v) is 4.12. The van der Waals surface area contributed by atoms with Crippen molar-refractivity contribution >= 4 is 11.0 Å². The smallest absolute Gasteiger partial charge is 0.292 e. The van der Waals surface area contributed by atoms with E-state index < -0.39 is 52.7 Å². The molecule has 6 nitrogen and oxygen atoms in total. The van der Waals surface area contributed by atoms with Gasteiger partial charge in [0.05, 0.1) is 23.7 Å². The van der Waals surface area contributed by atoms with Crippen LogP contribution in [-0.4, -0.2) is 25.9 Å². The Balaban J connectivity index is 2.14. The van der Waals surface area contributed by atoms with Crippen LogP contribution in [0.1, 0.15) is 29.8 Å². The van der Waals surface area contributed by atoms with Crippen molar-refractivity contribution in [2.75, 3.05) is 0 Å². The normalized spacial score (nSPS) is 13.8. The van der Waals surface area contributed by atoms with Crippen molar-refractivity contribution in [2.45, 2.75) is 31.7 Å². The first-order chi connectivity index (χ1) is 12.9. The molecule has 2 N–H and O–H groups in total. The number of rotatable bonds is 3. The molecule has 0 unspecified atom stereocenters. The molecule has 1 aromatic carbocycles. The van der Waals surface area contributed by atoms with Gasteiger partial charge in [-0.05, 0) is 24.6 Å². The fourth-order valence-electron chi connectivity index (χ4n) is 2.83. The molecule has 0 saturated heterocycles. The number of hydrogen-bond acceptors (Lipinski definition) is 3. The van der Waals surface area contributed by atoms with Crippen molar-refractivity contribution in [2.24, 2.45) is 0 Å². The minimum Gasteiger partial charge on any atom is -0.292 e. The molecule has 0 radical (unpaired) electrons. The monoisotopic (exact) mass is 406 g/mol. The molecule has 0 bridgehead atoms. The molecule has 0 aliphatic carbocycles. The lowest BCUT2D eigenvalue weighted by molar-refractivity contribution is -0.137. The van der Waals surface area contributed by atoms with Crippen LogP contribution < -0.4 is 11.2 Å². The van der Waals surface area contributed by atoms with Crippen molar-refractivity contribution in [3.63, 3.8) is 0 Å². The average Bonchev–Trinajstić information content (AvgIpc) is 2.90. The topological polar surface area (TPSA) is 83.5 Å². The molecule has 2 aromatic heterocycles. The molecule has 0 amide bonds. The number of benzene rings is 1. The molecular weight excluding hydrogens is 394 g/mol. The fraction of sp³-hybridized carbons (Fsp3) is 0.312. The molecule has 0 saturated carbocycles. The van der Waals surface area contributed by atoms with Crippen LogP contribution in [-0.2, 0) is 12.6 Å². The predicted molar refractivity (Wildman–Crippen MR) is 86.0 cm³/mol. The van der Waals surface area contributed by atoms with E-state index in [1.165, 1.54) is 6.92 Å². The molecule has 0 aliphatic rings. The van der Waals surface area contributed by atoms with Crippen LogP contribution in [0.25, 0.3) is 11.0 Å². The predicted octanol–water partition coefficient (Wildman–Crippen LogP) is 3.15. The van der Waals surface area contributed by atoms with Gasteiger partial charge in [-0.3, -0.25) is 14.8 Å². The quantitative estimate of drug-likeness (QED) is 0.656. The first-order valence-corrected chi connectivity index (χ1v) is 7.84. The van der Waals surface area contributed by atoms with Crippen LogP contribution in [0.5, 0.6) is 0 Å². The molecule has 1 atom stereocenters. The van der Waals surface area contributed by atoms with Gasteiger partial charge in [-0.25, -0.2) is 9.48 Å². The van der Waals surface area contributed by atoms with Gasteiger partial charge in [-0.15, -0.1) is 0 Å². The van der Waals surface area contributed by atoms with E-state index in [2.05, 4.69) is 10.1 Å². The van der Waals surface area contributed by atoms with E-state index in [9.17, 15) is 35.9 Å². The number of halogens is 6. The van der Waals surface area contributed by atoms with Crippen LogP contribution in [0.2, 0.25) is 0 Å². The van der Waals surface area contributed by atoms with Gasteiger partial charge in [0.2, 0.25) is 0 Å². The highest BCUT2D eigenvalue weighted by molar-refractivity contribution is 5.77. The van der Waals surface area contributed by atoms with Gasteiger partial charge in [0, 0.05) is 0 Å². The molecule has 3 rings (SSSR count). The lowest BCUT2D eigenvalue weighted by atomic mass is 10.1. The number of fused-ring (bicyclic) bond motifs is 1. The summed E-state index contributed by atoms with van der Waals surface area (Å²) in [6.45, 7) is 1.46. The number of nitrogens with zero attached hydrogens (tertiary/aromatic N) is 2. The third kappa shape index (κ3) is 3.80. The summed E-state index contributed by atoms with van der Waals surface area (Å²) < 4.78 is 77.6. The highest BCUT2D eigenvalue weighted by Crippen LogP contribution is 2.31. The van der Waals surface area contributed by atoms with E-state index in [-0.39, 0.29) is 11.2 Å². The molecule has 0 fully saturated rings. The van der Waals surface area contributed by atoms with E-state index in [4.69, 9.17) is 0 Å². The van der Waals surface area contributed by atoms with Gasteiger partial charge >= 0.3 is 18.0 Å². The van der Waals surface area contributed by atoms with E-state index in [0.717, 1.165) is 28.9 Å². The Morgan fingerprint density at radius 2 is 1.64 bits per heavy atom. The van der Waals surface area contributed by atoms with E-state index >= 15 is 0 Å². The number of H-pyrrole nitrogens is 2. The second-order valence-electron chi connectivity index (χ2n) is 6.11. The summed E-state index contributed by atoms with van der Waals surface area (Å²) >= 11 is 0. The van der Waals surface area contributed by atoms with Gasteiger partial charge in [0.15, 0.2) is 0 Å². The summed E-state index contributed by atoms with van der Waals surface area (Å²) in [6.07, 6.45) is -10.7. The van der Waals surface area contributed by atoms with Crippen LogP contribution in [0.15, 0.2) is 33.9 Å². The van der Waals surface area contributed by atoms with Crippen LogP contribution in [0.3, 0.4) is 0 Å². The third-order valence-electron chi connectivity index (χ3n) is 4.12. The maximum atomic E-state index is 12.8. The Morgan fingerprint density at radius 3 is 2.18 bits per heavy atom. The lowest BCUT2D eigenvalue weighted by Crippen LogP contribution is -2.23. The van der Waals surface area contributed by atoms with Crippen molar-refractivity contribution in [1.82, 2.24) is 19.7 Å². The van der Waals surface area contributed by atoms with Crippen molar-refractivity contribution in [3.05, 3.63) is 61.9 Å². The molecule has 150 valence electrons. The van der Waals surface area contributed by atoms with Gasteiger partial charge in [0.1, 0.15) is 11.0 Å². The van der Waals surface area contributed by atoms with Crippen LogP contribution in [0.4, 0.5) is 26.3 Å². The maximum absolute atomic E-state index is 12.8. The average molecular weight is 406 g/mol. The minimum absolute atomic E-state index is 0.250. The molecule has 3 aromatic rings. The number of hydrogen-bond donors (Lipinski definition) is 2. The van der Waals surface area contributed by atoms with E-state index in [1.807, 2.05) is 4.98 Å². The standard InChI is InChI=1S/C16H12F6N4O2/c1-7(8-2-4-9(5-3-8)16(20,21)22)26-12-11(13(27)24-14(28)23-12)10(25-26)6-15(17,18)19/h2-5,7H,6H2,1H3,(H2,23,24,27,28)/t7-/m1/s1. The highest BCUT2D eigenvalue weighted by Gasteiger charge is 2.33. The first kappa shape index (κ1) is 19.7. The largest absolute Gasteiger partial charge is 0.416 e. The number of alkyl halides is 6. The summed E-state index contributed by atoms with van der Waals surface area (Å²) in [4.78, 5) is 27.7. The molecule has 0 spiro atoms. The van der Waals surface area contributed by atoms with Gasteiger partial charge in [-0.1, -0.05) is 12.1 Å². The Kier molecular flexibility index (Phi) is 4.60. The maximum Gasteiger partial charge on any atom is 0.416 e. The summed E-state index contributed by atoms with van der Waals surface area (Å²) in [5.74, 6) is 0. The van der Waals surface area contributed by atoms with Gasteiger partial charge in [0.25, 0.3) is 5.56 Å². The Hall–Kier alpha value is -3.05. The van der Waals surface area contributed by atoms with Crippen LogP contribution >= 0.6 is 0 Å². The zero-order valence-corrected chi connectivity index (χ0v) is 14.1. The zero-order valence-electron chi connectivity index (χ0n) is 14.1. The summed E-state index contributed by atoms with van der Waals surface area (Å²) in [6, 6.07) is 3.09. The molecular formula is C16H12F6N4O2. The molecule has 28 heavy (non-hydrogen) atoms. The summed E-state index contributed by atoms with van der Waals surface area (Å²) in [5, 5.41) is 3.37. The van der Waals surface area contributed by atoms with Crippen molar-refractivity contribution < 1.29 is 26.3 Å². The highest BCUT2D eigenvalue weighted by atomic mass is 19.4. The Labute approximate surface area is 151 Å². The van der Waals surface area contributed by atoms with E-state index in [1.54, 1.807) is 0 Å². The lowest BCUT2D eigenvalue weighted by Gasteiger charge is -2.15. The zero-order chi connectivity index (χ0) is 20.9. The van der Waals surface area contributed by atoms with E-state index in [0.29, 0.717) is 0 Å². The number of aromatic nitrogens is 4. The van der Waals surface area contributed by atoms with Crippen molar-refractivity contribution in [1.29, 1.82) is 0 Å². The number of nitrogens with one attached hydrogen (secondary N) is 2. The molecule has 12 heteroatoms. The van der Waals surface area contributed by atoms with Gasteiger partial charge < -0.3 is 0 Å². The molecule has 2 heterocycles. The Morgan fingerprint density at radius 1 is 1.04 bits per heavy atom. The van der Waals surface area contributed by atoms with Crippen molar-refractivity contribution in [3.8, 4) is 0 Å². The second-order valence-corrected chi connectivity index (χ2v) is 6.11. The summed E-state index contributed by atoms with van der Waals surface area (Å²) in [5.41, 5.74) is -3.44. The fourth-order valence-corrected chi connectivity index (χ4v) is 2.83. The SMILES string of the molecule is C[C@H](c1ccc(C(F)(F)F)cc1)n1nc(CC(F)(F)F)c2c(=O)[nH]c(=O)[nH]c21. The van der Waals surface area contributed by atoms with Gasteiger partial charge in [-0.2, -0.15) is 31.4 Å². The van der Waals surface area contributed by atoms with Crippen LogP contribution in [0, 0.1) is 0 Å². The first-order valence-electron chi connectivity index (χ1n) is 7.84. The Bertz CT molecular complexity index is 1120. The summed E-state index contributed by atoms with van der Waals surface area (Å²) in [7, 11) is 0. The minimum atomic E-state index is -4.66. The number of aromatic amines is 2. The second kappa shape index (κ2) is 6.53. The molecule has 0 aliphatic heterocycles.